The van der Waals surface area contributed by atoms with Crippen molar-refractivity contribution in [3.05, 3.63) is 36.5 Å². The fourth-order valence-corrected chi connectivity index (χ4v) is 7.94. The molecule has 364 valence electrons. The van der Waals surface area contributed by atoms with Crippen LogP contribution in [0.15, 0.2) is 36.5 Å². The van der Waals surface area contributed by atoms with Gasteiger partial charge in [0.25, 0.3) is 0 Å². The third kappa shape index (κ3) is 46.2. The van der Waals surface area contributed by atoms with E-state index in [2.05, 4.69) is 50.3 Å². The van der Waals surface area contributed by atoms with Crippen LogP contribution in [-0.2, 0) is 32.7 Å². The predicted octanol–water partition coefficient (Wildman–Crippen LogP) is 14.8. The molecule has 0 rings (SSSR count). The number of carboxylic acids is 1. The predicted molar refractivity (Wildman–Crippen MR) is 258 cm³/mol. The number of carbonyl (C=O) groups is 2. The highest BCUT2D eigenvalue weighted by Crippen LogP contribution is 2.43. The first-order valence-electron chi connectivity index (χ1n) is 25.5. The van der Waals surface area contributed by atoms with Gasteiger partial charge in [-0.25, -0.2) is 4.57 Å². The van der Waals surface area contributed by atoms with Crippen LogP contribution < -0.4 is 5.73 Å². The van der Waals surface area contributed by atoms with E-state index >= 15 is 0 Å². The van der Waals surface area contributed by atoms with E-state index in [1.54, 1.807) is 0 Å². The first-order chi connectivity index (χ1) is 30.2. The summed E-state index contributed by atoms with van der Waals surface area (Å²) in [6, 6.07) is -1.48. The maximum absolute atomic E-state index is 12.7. The van der Waals surface area contributed by atoms with Crippen molar-refractivity contribution < 1.29 is 42.7 Å². The summed E-state index contributed by atoms with van der Waals surface area (Å²) >= 11 is 0. The van der Waals surface area contributed by atoms with Crippen LogP contribution in [0.3, 0.4) is 0 Å². The highest BCUT2D eigenvalue weighted by atomic mass is 31.2. The smallest absolute Gasteiger partial charge is 0.472 e. The summed E-state index contributed by atoms with van der Waals surface area (Å²) in [5, 5.41) is 8.92. The number of esters is 1. The van der Waals surface area contributed by atoms with E-state index < -0.39 is 45.1 Å². The van der Waals surface area contributed by atoms with E-state index in [9.17, 15) is 19.0 Å². The van der Waals surface area contributed by atoms with Crippen LogP contribution in [0.5, 0.6) is 0 Å². The molecular weight excluding hydrogens is 802 g/mol. The number of allylic oxidation sites excluding steroid dienone is 6. The van der Waals surface area contributed by atoms with Gasteiger partial charge in [-0.3, -0.25) is 18.6 Å². The zero-order chi connectivity index (χ0) is 45.5. The summed E-state index contributed by atoms with van der Waals surface area (Å²) in [6.07, 6.45) is 54.9. The molecule has 0 aromatic rings. The monoisotopic (exact) mass is 898 g/mol. The number of rotatable bonds is 49. The topological polar surface area (TPSA) is 155 Å². The molecule has 0 aromatic heterocycles. The molecule has 10 nitrogen and oxygen atoms in total. The Morgan fingerprint density at radius 1 is 0.516 bits per heavy atom. The van der Waals surface area contributed by atoms with Gasteiger partial charge in [-0.15, -0.1) is 0 Å². The molecule has 0 aliphatic rings. The quantitative estimate of drug-likeness (QED) is 0.0233. The van der Waals surface area contributed by atoms with Crippen molar-refractivity contribution >= 4 is 19.8 Å². The van der Waals surface area contributed by atoms with Gasteiger partial charge < -0.3 is 25.2 Å². The summed E-state index contributed by atoms with van der Waals surface area (Å²) in [5.74, 6) is -1.79. The van der Waals surface area contributed by atoms with Crippen LogP contribution in [0.1, 0.15) is 239 Å². The zero-order valence-corrected chi connectivity index (χ0v) is 40.9. The second kappa shape index (κ2) is 47.2. The van der Waals surface area contributed by atoms with Gasteiger partial charge in [0.15, 0.2) is 0 Å². The number of nitrogens with two attached hydrogens (primary N) is 1. The normalized spacial score (nSPS) is 14.0. The Labute approximate surface area is 380 Å². The maximum Gasteiger partial charge on any atom is 0.472 e. The Hall–Kier alpha value is -1.81. The van der Waals surface area contributed by atoms with Gasteiger partial charge in [-0.1, -0.05) is 198 Å². The lowest BCUT2D eigenvalue weighted by Crippen LogP contribution is -2.34. The Morgan fingerprint density at radius 3 is 1.34 bits per heavy atom. The molecule has 0 saturated carbocycles. The number of carbonyl (C=O) groups excluding carboxylic acids is 1. The molecule has 0 saturated heterocycles. The van der Waals surface area contributed by atoms with Gasteiger partial charge in [0.2, 0.25) is 0 Å². The standard InChI is InChI=1S/C51H96NO9P/c1-3-5-7-9-11-13-15-17-19-21-22-23-24-25-26-27-28-30-32-34-36-38-40-42-44-58-45-48(46-59-62(56,57)60-47-49(52)51(54)55)61-50(53)43-41-39-37-35-33-31-29-20-18-16-14-12-10-8-6-4-2/h14,16,20-22,29,48-49H,3-13,15,17-19,23-28,30-47,52H2,1-2H3,(H,54,55)(H,56,57)/b16-14-,22-21-,29-20-. The largest absolute Gasteiger partial charge is 0.480 e. The lowest BCUT2D eigenvalue weighted by molar-refractivity contribution is -0.154. The van der Waals surface area contributed by atoms with Crippen LogP contribution >= 0.6 is 7.82 Å². The van der Waals surface area contributed by atoms with Gasteiger partial charge >= 0.3 is 19.8 Å². The van der Waals surface area contributed by atoms with Gasteiger partial charge in [-0.05, 0) is 70.6 Å². The average molecular weight is 898 g/mol. The number of hydrogen-bond acceptors (Lipinski definition) is 8. The minimum atomic E-state index is -4.62. The average Bonchev–Trinajstić information content (AvgIpc) is 3.25. The molecule has 0 aliphatic carbocycles. The second-order valence-electron chi connectivity index (χ2n) is 17.3. The summed E-state index contributed by atoms with van der Waals surface area (Å²) in [7, 11) is -4.62. The molecule has 11 heteroatoms. The number of phosphoric acid groups is 1. The van der Waals surface area contributed by atoms with E-state index in [4.69, 9.17) is 29.4 Å². The SMILES string of the molecule is CCCCCC/C=C\C/C=C\CCCCCCCC(=O)OC(COCCCCCCCCCCCCCC/C=C\CCCCCCCCCC)COP(=O)(O)OCC(N)C(=O)O. The summed E-state index contributed by atoms with van der Waals surface area (Å²) in [5.41, 5.74) is 5.37. The Bertz CT molecular complexity index is 1130. The molecule has 0 fully saturated rings. The Balaban J connectivity index is 4.11. The molecule has 0 spiro atoms. The van der Waals surface area contributed by atoms with Crippen LogP contribution in [-0.4, -0.2) is 60.5 Å². The van der Waals surface area contributed by atoms with Crippen molar-refractivity contribution in [1.82, 2.24) is 0 Å². The first kappa shape index (κ1) is 60.2. The lowest BCUT2D eigenvalue weighted by Gasteiger charge is -2.20. The number of aliphatic carboxylic acids is 1. The molecule has 0 heterocycles. The van der Waals surface area contributed by atoms with Crippen molar-refractivity contribution in [3.63, 3.8) is 0 Å². The van der Waals surface area contributed by atoms with E-state index in [0.717, 1.165) is 57.8 Å². The Kier molecular flexibility index (Phi) is 45.8. The molecule has 0 bridgehead atoms. The minimum absolute atomic E-state index is 0.0126. The van der Waals surface area contributed by atoms with Gasteiger partial charge in [0.1, 0.15) is 12.1 Å². The molecular formula is C51H96NO9P. The molecule has 0 aliphatic heterocycles. The van der Waals surface area contributed by atoms with Gasteiger partial charge in [0.05, 0.1) is 19.8 Å². The van der Waals surface area contributed by atoms with E-state index in [1.165, 1.54) is 154 Å². The van der Waals surface area contributed by atoms with E-state index in [-0.39, 0.29) is 13.0 Å². The minimum Gasteiger partial charge on any atom is -0.480 e. The van der Waals surface area contributed by atoms with Gasteiger partial charge in [0, 0.05) is 13.0 Å². The van der Waals surface area contributed by atoms with Crippen molar-refractivity contribution in [2.24, 2.45) is 5.73 Å². The van der Waals surface area contributed by atoms with Crippen LogP contribution in [0.2, 0.25) is 0 Å². The third-order valence-corrected chi connectivity index (χ3v) is 12.1. The summed E-state index contributed by atoms with van der Waals surface area (Å²) < 4.78 is 33.5. The molecule has 3 atom stereocenters. The maximum atomic E-state index is 12.7. The number of carboxylic acid groups (broad SMARTS) is 1. The fraction of sp³-hybridized carbons (Fsp3) is 0.843. The van der Waals surface area contributed by atoms with E-state index in [1.807, 2.05) is 0 Å². The lowest BCUT2D eigenvalue weighted by atomic mass is 10.0. The number of hydrogen-bond donors (Lipinski definition) is 3. The van der Waals surface area contributed by atoms with Crippen molar-refractivity contribution in [2.75, 3.05) is 26.4 Å². The van der Waals surface area contributed by atoms with Crippen LogP contribution in [0.25, 0.3) is 0 Å². The van der Waals surface area contributed by atoms with Crippen molar-refractivity contribution in [3.8, 4) is 0 Å². The fourth-order valence-electron chi connectivity index (χ4n) is 7.16. The van der Waals surface area contributed by atoms with Crippen LogP contribution in [0, 0.1) is 0 Å². The van der Waals surface area contributed by atoms with E-state index in [0.29, 0.717) is 13.0 Å². The van der Waals surface area contributed by atoms with Crippen LogP contribution in [0.4, 0.5) is 0 Å². The highest BCUT2D eigenvalue weighted by Gasteiger charge is 2.27. The van der Waals surface area contributed by atoms with Gasteiger partial charge in [-0.2, -0.15) is 0 Å². The molecule has 3 unspecified atom stereocenters. The second-order valence-corrected chi connectivity index (χ2v) is 18.7. The Morgan fingerprint density at radius 2 is 0.887 bits per heavy atom. The van der Waals surface area contributed by atoms with Crippen molar-refractivity contribution in [2.45, 2.75) is 251 Å². The third-order valence-electron chi connectivity index (χ3n) is 11.1. The zero-order valence-electron chi connectivity index (χ0n) is 40.0. The molecule has 62 heavy (non-hydrogen) atoms. The number of unbranched alkanes of at least 4 members (excludes halogenated alkanes) is 29. The highest BCUT2D eigenvalue weighted by molar-refractivity contribution is 7.47. The summed E-state index contributed by atoms with van der Waals surface area (Å²) in [4.78, 5) is 33.6. The molecule has 4 N–H and O–H groups in total. The molecule has 0 aromatic carbocycles. The number of ether oxygens (including phenoxy) is 2. The van der Waals surface area contributed by atoms with Crippen molar-refractivity contribution in [1.29, 1.82) is 0 Å². The number of phosphoric ester groups is 1. The molecule has 0 radical (unpaired) electrons. The molecule has 0 amide bonds. The first-order valence-corrected chi connectivity index (χ1v) is 27.0. The summed E-state index contributed by atoms with van der Waals surface area (Å²) in [6.45, 7) is 3.88.